The zero-order chi connectivity index (χ0) is 54.2. The second kappa shape index (κ2) is 55.9. The molecule has 0 heterocycles. The van der Waals surface area contributed by atoms with E-state index in [9.17, 15) is 19.4 Å². The number of amides is 1. The van der Waals surface area contributed by atoms with Gasteiger partial charge in [-0.2, -0.15) is 0 Å². The Hall–Kier alpha value is -1.80. The summed E-state index contributed by atoms with van der Waals surface area (Å²) in [5, 5.41) is 13.9. The summed E-state index contributed by atoms with van der Waals surface area (Å²) in [5.41, 5.74) is 0. The average Bonchev–Trinajstić information content (AvgIpc) is 3.36. The molecule has 0 saturated carbocycles. The van der Waals surface area contributed by atoms with E-state index in [1.807, 2.05) is 27.2 Å². The molecule has 3 atom stereocenters. The molecule has 0 aromatic carbocycles. The molecule has 0 aromatic heterocycles. The number of likely N-dealkylation sites (N-methyl/N-ethyl adjacent to an activating group) is 1. The lowest BCUT2D eigenvalue weighted by Crippen LogP contribution is -2.45. The molecule has 74 heavy (non-hydrogen) atoms. The number of unbranched alkanes of at least 4 members (excludes halogenated alkanes) is 37. The van der Waals surface area contributed by atoms with Crippen molar-refractivity contribution in [2.75, 3.05) is 40.9 Å². The Balaban J connectivity index is 4.09. The number of carbonyl (C=O) groups excluding carboxylic acids is 1. The number of nitrogens with one attached hydrogen (secondary N) is 1. The fourth-order valence-electron chi connectivity index (χ4n) is 9.32. The first-order valence-electron chi connectivity index (χ1n) is 31.7. The number of phosphoric acid groups is 1. The molecule has 0 radical (unpaired) electrons. The highest BCUT2D eigenvalue weighted by Gasteiger charge is 2.23. The Morgan fingerprint density at radius 1 is 0.486 bits per heavy atom. The normalized spacial score (nSPS) is 14.2. The van der Waals surface area contributed by atoms with Crippen LogP contribution in [0.5, 0.6) is 0 Å². The number of carbonyl (C=O) groups is 1. The van der Waals surface area contributed by atoms with Crippen molar-refractivity contribution in [3.05, 3.63) is 60.8 Å². The standard InChI is InChI=1S/C65H123N2O6P/c1-6-8-10-12-14-16-18-20-22-24-26-28-29-30-31-32-33-34-35-36-37-39-41-43-45-47-49-51-53-55-57-59-65(69)66-63(62-73-74(70,71)72-61-60-67(3,4)5)64(68)58-56-54-52-50-48-46-44-42-40-38-27-25-23-21-19-17-15-13-11-9-7-2/h8,10,14,16,20,22,26,28,56,58,63-64,68H,6-7,9,11-13,15,17-19,21,23-25,27,29-55,57,59-62H2,1-5H3,(H-,66,69,70,71)/b10-8-,16-14-,22-20-,28-26-,58-56+. The lowest BCUT2D eigenvalue weighted by Gasteiger charge is -2.29. The van der Waals surface area contributed by atoms with Gasteiger partial charge in [0.1, 0.15) is 13.2 Å². The molecule has 0 bridgehead atoms. The number of aliphatic hydroxyl groups excluding tert-OH is 1. The third-order valence-corrected chi connectivity index (χ3v) is 15.2. The van der Waals surface area contributed by atoms with Gasteiger partial charge in [-0.05, 0) is 57.8 Å². The van der Waals surface area contributed by atoms with Crippen molar-refractivity contribution in [3.8, 4) is 0 Å². The SMILES string of the molecule is CC/C=C\C/C=C\C/C=C\C/C=C\CCCCCCCCCCCCCCCCCCCCC(=O)NC(COP(=O)([O-])OCC[N+](C)(C)C)C(O)/C=C/CCCCCCCCCCCCCCCCCCCCC. The van der Waals surface area contributed by atoms with E-state index in [4.69, 9.17) is 9.05 Å². The number of hydrogen-bond acceptors (Lipinski definition) is 6. The number of phosphoric ester groups is 1. The van der Waals surface area contributed by atoms with Crippen molar-refractivity contribution in [1.82, 2.24) is 5.32 Å². The molecular formula is C65H123N2O6P. The van der Waals surface area contributed by atoms with Crippen LogP contribution in [0.25, 0.3) is 0 Å². The van der Waals surface area contributed by atoms with Crippen molar-refractivity contribution >= 4 is 13.7 Å². The highest BCUT2D eigenvalue weighted by atomic mass is 31.2. The van der Waals surface area contributed by atoms with Gasteiger partial charge in [-0.3, -0.25) is 9.36 Å². The number of rotatable bonds is 58. The van der Waals surface area contributed by atoms with Gasteiger partial charge in [-0.15, -0.1) is 0 Å². The fraction of sp³-hybridized carbons (Fsp3) is 0.831. The largest absolute Gasteiger partial charge is 0.756 e. The van der Waals surface area contributed by atoms with Crippen LogP contribution < -0.4 is 10.2 Å². The molecule has 0 fully saturated rings. The zero-order valence-electron chi connectivity index (χ0n) is 49.5. The number of allylic oxidation sites excluding steroid dienone is 9. The van der Waals surface area contributed by atoms with Crippen LogP contribution in [0.2, 0.25) is 0 Å². The van der Waals surface area contributed by atoms with E-state index >= 15 is 0 Å². The summed E-state index contributed by atoms with van der Waals surface area (Å²) in [7, 11) is 1.27. The van der Waals surface area contributed by atoms with Gasteiger partial charge in [0.2, 0.25) is 5.91 Å². The molecule has 0 rings (SSSR count). The van der Waals surface area contributed by atoms with Gasteiger partial charge in [0.25, 0.3) is 7.82 Å². The molecule has 0 aromatic rings. The summed E-state index contributed by atoms with van der Waals surface area (Å²) in [6.07, 6.45) is 76.0. The van der Waals surface area contributed by atoms with E-state index in [0.29, 0.717) is 17.4 Å². The summed E-state index contributed by atoms with van der Waals surface area (Å²) < 4.78 is 23.4. The maximum atomic E-state index is 13.0. The van der Waals surface area contributed by atoms with Crippen LogP contribution in [-0.4, -0.2) is 68.5 Å². The quantitative estimate of drug-likeness (QED) is 0.0272. The molecule has 0 aliphatic heterocycles. The maximum Gasteiger partial charge on any atom is 0.268 e. The molecule has 1 amide bonds. The van der Waals surface area contributed by atoms with Crippen molar-refractivity contribution in [1.29, 1.82) is 0 Å². The van der Waals surface area contributed by atoms with Crippen LogP contribution in [0, 0.1) is 0 Å². The lowest BCUT2D eigenvalue weighted by atomic mass is 10.0. The van der Waals surface area contributed by atoms with E-state index in [0.717, 1.165) is 64.2 Å². The summed E-state index contributed by atoms with van der Waals surface area (Å²) in [5.74, 6) is -0.194. The molecule has 0 saturated heterocycles. The molecule has 0 aliphatic carbocycles. The van der Waals surface area contributed by atoms with Gasteiger partial charge >= 0.3 is 0 Å². The predicted molar refractivity (Wildman–Crippen MR) is 321 cm³/mol. The highest BCUT2D eigenvalue weighted by molar-refractivity contribution is 7.45. The van der Waals surface area contributed by atoms with Gasteiger partial charge in [0.15, 0.2) is 0 Å². The average molecular weight is 1060 g/mol. The van der Waals surface area contributed by atoms with Crippen molar-refractivity contribution in [2.45, 2.75) is 309 Å². The maximum absolute atomic E-state index is 13.0. The third-order valence-electron chi connectivity index (χ3n) is 14.2. The van der Waals surface area contributed by atoms with Gasteiger partial charge in [-0.25, -0.2) is 0 Å². The van der Waals surface area contributed by atoms with E-state index in [-0.39, 0.29) is 19.1 Å². The van der Waals surface area contributed by atoms with E-state index < -0.39 is 20.0 Å². The smallest absolute Gasteiger partial charge is 0.268 e. The summed E-state index contributed by atoms with van der Waals surface area (Å²) in [4.78, 5) is 25.6. The van der Waals surface area contributed by atoms with Crippen LogP contribution in [0.3, 0.4) is 0 Å². The summed E-state index contributed by atoms with van der Waals surface area (Å²) >= 11 is 0. The Morgan fingerprint density at radius 2 is 0.824 bits per heavy atom. The Labute approximate surface area is 460 Å². The fourth-order valence-corrected chi connectivity index (χ4v) is 10.0. The van der Waals surface area contributed by atoms with Crippen molar-refractivity contribution in [3.63, 3.8) is 0 Å². The van der Waals surface area contributed by atoms with Crippen LogP contribution in [0.15, 0.2) is 60.8 Å². The van der Waals surface area contributed by atoms with Gasteiger partial charge in [-0.1, -0.05) is 293 Å². The summed E-state index contributed by atoms with van der Waals surface area (Å²) in [6.45, 7) is 4.57. The van der Waals surface area contributed by atoms with Crippen molar-refractivity contribution in [2.24, 2.45) is 0 Å². The topological polar surface area (TPSA) is 108 Å². The molecule has 0 spiro atoms. The highest BCUT2D eigenvalue weighted by Crippen LogP contribution is 2.38. The molecule has 9 heteroatoms. The lowest BCUT2D eigenvalue weighted by molar-refractivity contribution is -0.870. The van der Waals surface area contributed by atoms with Crippen molar-refractivity contribution < 1.29 is 32.9 Å². The number of nitrogens with zero attached hydrogens (tertiary/aromatic N) is 1. The minimum absolute atomic E-state index is 0.000689. The number of hydrogen-bond donors (Lipinski definition) is 2. The van der Waals surface area contributed by atoms with Gasteiger partial charge < -0.3 is 28.8 Å². The van der Waals surface area contributed by atoms with Crippen LogP contribution in [0.1, 0.15) is 296 Å². The van der Waals surface area contributed by atoms with Crippen LogP contribution in [0.4, 0.5) is 0 Å². The molecule has 2 N–H and O–H groups in total. The molecule has 0 aliphatic rings. The van der Waals surface area contributed by atoms with Crippen LogP contribution in [-0.2, 0) is 18.4 Å². The monoisotopic (exact) mass is 1060 g/mol. The molecule has 434 valence electrons. The zero-order valence-corrected chi connectivity index (χ0v) is 50.4. The Bertz CT molecular complexity index is 1390. The van der Waals surface area contributed by atoms with E-state index in [1.54, 1.807) is 6.08 Å². The second-order valence-electron chi connectivity index (χ2n) is 22.7. The first kappa shape index (κ1) is 72.2. The third kappa shape index (κ3) is 57.9. The van der Waals surface area contributed by atoms with Gasteiger partial charge in [0, 0.05) is 6.42 Å². The minimum atomic E-state index is -4.60. The minimum Gasteiger partial charge on any atom is -0.756 e. The number of quaternary nitrogens is 1. The Kier molecular flexibility index (Phi) is 54.6. The van der Waals surface area contributed by atoms with Crippen LogP contribution >= 0.6 is 7.82 Å². The Morgan fingerprint density at radius 3 is 1.20 bits per heavy atom. The van der Waals surface area contributed by atoms with E-state index in [2.05, 4.69) is 67.8 Å². The molecule has 3 unspecified atom stereocenters. The second-order valence-corrected chi connectivity index (χ2v) is 24.1. The number of aliphatic hydroxyl groups is 1. The molecule has 8 nitrogen and oxygen atoms in total. The first-order valence-corrected chi connectivity index (χ1v) is 33.1. The summed E-state index contributed by atoms with van der Waals surface area (Å²) in [6, 6.07) is -0.888. The van der Waals surface area contributed by atoms with Gasteiger partial charge in [0.05, 0.1) is 39.9 Å². The van der Waals surface area contributed by atoms with E-state index in [1.165, 1.54) is 212 Å². The first-order chi connectivity index (χ1) is 36.0. The predicted octanol–water partition coefficient (Wildman–Crippen LogP) is 19.0. The molecular weight excluding hydrogens is 936 g/mol.